The van der Waals surface area contributed by atoms with Crippen LogP contribution in [0.3, 0.4) is 0 Å². The van der Waals surface area contributed by atoms with Crippen molar-refractivity contribution in [1.29, 1.82) is 0 Å². The molecule has 0 fully saturated rings. The summed E-state index contributed by atoms with van der Waals surface area (Å²) in [5, 5.41) is 0. The maximum atomic E-state index is 13.2. The van der Waals surface area contributed by atoms with Gasteiger partial charge < -0.3 is 0 Å². The molecule has 2 rings (SSSR count). The van der Waals surface area contributed by atoms with E-state index in [4.69, 9.17) is 0 Å². The van der Waals surface area contributed by atoms with Gasteiger partial charge in [-0.15, -0.1) is 0 Å². The largest absolute Gasteiger partial charge is 0.241 e. The summed E-state index contributed by atoms with van der Waals surface area (Å²) in [7, 11) is -3.80. The number of sulfonamides is 1. The van der Waals surface area contributed by atoms with Gasteiger partial charge in [0, 0.05) is 12.6 Å². The van der Waals surface area contributed by atoms with Crippen LogP contribution in [0.1, 0.15) is 33.4 Å². The van der Waals surface area contributed by atoms with E-state index in [-0.39, 0.29) is 17.0 Å². The molecule has 0 aliphatic heterocycles. The molecule has 24 heavy (non-hydrogen) atoms. The molecule has 0 atom stereocenters. The molecule has 0 aliphatic carbocycles. The van der Waals surface area contributed by atoms with E-state index in [0.717, 1.165) is 34.9 Å². The third kappa shape index (κ3) is 3.49. The lowest BCUT2D eigenvalue weighted by atomic mass is 9.95. The standard InChI is InChI=1S/C18H21F2NO2S/c1-10-11(2)13(4)18(14(5)12(10)3)24(22,23)21-9-15-6-16(19)8-17(20)7-15/h6-8,21H,9H2,1-5H3. The Kier molecular flexibility index (Phi) is 5.11. The molecule has 0 aromatic heterocycles. The van der Waals surface area contributed by atoms with Gasteiger partial charge in [0.2, 0.25) is 10.0 Å². The highest BCUT2D eigenvalue weighted by Gasteiger charge is 2.23. The maximum Gasteiger partial charge on any atom is 0.241 e. The zero-order chi connectivity index (χ0) is 18.2. The highest BCUT2D eigenvalue weighted by Crippen LogP contribution is 2.29. The van der Waals surface area contributed by atoms with E-state index in [2.05, 4.69) is 4.72 Å². The molecule has 2 aromatic carbocycles. The van der Waals surface area contributed by atoms with Crippen LogP contribution in [0.2, 0.25) is 0 Å². The van der Waals surface area contributed by atoms with E-state index >= 15 is 0 Å². The summed E-state index contributed by atoms with van der Waals surface area (Å²) in [5.74, 6) is -1.47. The van der Waals surface area contributed by atoms with E-state index in [0.29, 0.717) is 11.1 Å². The molecule has 0 saturated heterocycles. The van der Waals surface area contributed by atoms with E-state index in [1.54, 1.807) is 13.8 Å². The Labute approximate surface area is 141 Å². The Morgan fingerprint density at radius 3 is 1.67 bits per heavy atom. The third-order valence-electron chi connectivity index (χ3n) is 4.59. The smallest absolute Gasteiger partial charge is 0.207 e. The van der Waals surface area contributed by atoms with Gasteiger partial charge in [0.15, 0.2) is 0 Å². The fraction of sp³-hybridized carbons (Fsp3) is 0.333. The van der Waals surface area contributed by atoms with Crippen LogP contribution in [0.15, 0.2) is 23.1 Å². The summed E-state index contributed by atoms with van der Waals surface area (Å²) < 4.78 is 54.4. The van der Waals surface area contributed by atoms with Crippen molar-refractivity contribution in [2.75, 3.05) is 0 Å². The Hall–Kier alpha value is -1.79. The van der Waals surface area contributed by atoms with Crippen LogP contribution in [0, 0.1) is 46.3 Å². The SMILES string of the molecule is Cc1c(C)c(C)c(S(=O)(=O)NCc2cc(F)cc(F)c2)c(C)c1C. The normalized spacial score (nSPS) is 11.8. The van der Waals surface area contributed by atoms with Gasteiger partial charge in [-0.1, -0.05) is 0 Å². The Morgan fingerprint density at radius 1 is 0.792 bits per heavy atom. The fourth-order valence-corrected chi connectivity index (χ4v) is 4.45. The minimum absolute atomic E-state index is 0.179. The first-order valence-corrected chi connectivity index (χ1v) is 9.04. The van der Waals surface area contributed by atoms with Crippen LogP contribution in [0.5, 0.6) is 0 Å². The first kappa shape index (κ1) is 18.5. The van der Waals surface area contributed by atoms with Crippen molar-refractivity contribution in [3.05, 3.63) is 63.2 Å². The minimum atomic E-state index is -3.80. The highest BCUT2D eigenvalue weighted by molar-refractivity contribution is 7.89. The van der Waals surface area contributed by atoms with Crippen molar-refractivity contribution in [1.82, 2.24) is 4.72 Å². The second kappa shape index (κ2) is 6.61. The Morgan fingerprint density at radius 2 is 1.21 bits per heavy atom. The second-order valence-corrected chi connectivity index (χ2v) is 7.76. The highest BCUT2D eigenvalue weighted by atomic mass is 32.2. The summed E-state index contributed by atoms with van der Waals surface area (Å²) in [6.45, 7) is 9.10. The van der Waals surface area contributed by atoms with Crippen LogP contribution in [-0.4, -0.2) is 8.42 Å². The van der Waals surface area contributed by atoms with Crippen LogP contribution < -0.4 is 4.72 Å². The van der Waals surface area contributed by atoms with E-state index in [1.165, 1.54) is 0 Å². The van der Waals surface area contributed by atoms with Crippen molar-refractivity contribution < 1.29 is 17.2 Å². The van der Waals surface area contributed by atoms with E-state index < -0.39 is 21.7 Å². The summed E-state index contributed by atoms with van der Waals surface area (Å²) in [6, 6.07) is 2.97. The van der Waals surface area contributed by atoms with Crippen molar-refractivity contribution >= 4 is 10.0 Å². The molecule has 1 N–H and O–H groups in total. The lowest BCUT2D eigenvalue weighted by molar-refractivity contribution is 0.570. The monoisotopic (exact) mass is 353 g/mol. The van der Waals surface area contributed by atoms with Gasteiger partial charge in [-0.25, -0.2) is 21.9 Å². The van der Waals surface area contributed by atoms with Gasteiger partial charge in [-0.05, 0) is 80.1 Å². The molecule has 2 aromatic rings. The van der Waals surface area contributed by atoms with Crippen molar-refractivity contribution in [2.45, 2.75) is 46.1 Å². The molecular weight excluding hydrogens is 332 g/mol. The van der Waals surface area contributed by atoms with Gasteiger partial charge in [0.1, 0.15) is 11.6 Å². The maximum absolute atomic E-state index is 13.2. The predicted octanol–water partition coefficient (Wildman–Crippen LogP) is 3.99. The number of hydrogen-bond acceptors (Lipinski definition) is 2. The number of rotatable bonds is 4. The third-order valence-corrected chi connectivity index (χ3v) is 6.26. The van der Waals surface area contributed by atoms with E-state index in [9.17, 15) is 17.2 Å². The number of hydrogen-bond donors (Lipinski definition) is 1. The zero-order valence-corrected chi connectivity index (χ0v) is 15.2. The Balaban J connectivity index is 2.41. The van der Waals surface area contributed by atoms with Crippen molar-refractivity contribution in [3.63, 3.8) is 0 Å². The molecule has 0 aliphatic rings. The summed E-state index contributed by atoms with van der Waals surface area (Å²) >= 11 is 0. The number of nitrogens with one attached hydrogen (secondary N) is 1. The molecule has 0 amide bonds. The molecule has 0 saturated carbocycles. The van der Waals surface area contributed by atoms with Crippen LogP contribution in [-0.2, 0) is 16.6 Å². The van der Waals surface area contributed by atoms with Crippen molar-refractivity contribution in [2.24, 2.45) is 0 Å². The average molecular weight is 353 g/mol. The second-order valence-electron chi connectivity index (χ2n) is 6.06. The number of benzene rings is 2. The van der Waals surface area contributed by atoms with Gasteiger partial charge in [0.25, 0.3) is 0 Å². The van der Waals surface area contributed by atoms with Gasteiger partial charge in [-0.2, -0.15) is 0 Å². The summed E-state index contributed by atoms with van der Waals surface area (Å²) in [4.78, 5) is 0.236. The minimum Gasteiger partial charge on any atom is -0.207 e. The molecule has 6 heteroatoms. The molecule has 0 heterocycles. The zero-order valence-electron chi connectivity index (χ0n) is 14.4. The molecule has 0 bridgehead atoms. The average Bonchev–Trinajstić information content (AvgIpc) is 2.48. The quantitative estimate of drug-likeness (QED) is 0.903. The van der Waals surface area contributed by atoms with E-state index in [1.807, 2.05) is 20.8 Å². The molecule has 0 radical (unpaired) electrons. The fourth-order valence-electron chi connectivity index (χ4n) is 2.83. The van der Waals surface area contributed by atoms with Crippen LogP contribution >= 0.6 is 0 Å². The first-order valence-electron chi connectivity index (χ1n) is 7.56. The van der Waals surface area contributed by atoms with Gasteiger partial charge in [-0.3, -0.25) is 0 Å². The molecular formula is C18H21F2NO2S. The molecule has 3 nitrogen and oxygen atoms in total. The summed E-state index contributed by atoms with van der Waals surface area (Å²) in [5.41, 5.74) is 4.52. The lowest BCUT2D eigenvalue weighted by Gasteiger charge is -2.19. The Bertz CT molecular complexity index is 856. The lowest BCUT2D eigenvalue weighted by Crippen LogP contribution is -2.26. The van der Waals surface area contributed by atoms with Gasteiger partial charge in [0.05, 0.1) is 4.90 Å². The van der Waals surface area contributed by atoms with Gasteiger partial charge >= 0.3 is 0 Å². The first-order chi connectivity index (χ1) is 11.0. The van der Waals surface area contributed by atoms with Crippen LogP contribution in [0.4, 0.5) is 8.78 Å². The van der Waals surface area contributed by atoms with Crippen molar-refractivity contribution in [3.8, 4) is 0 Å². The van der Waals surface area contributed by atoms with Crippen LogP contribution in [0.25, 0.3) is 0 Å². The predicted molar refractivity (Wildman–Crippen MR) is 90.5 cm³/mol. The molecule has 130 valence electrons. The summed E-state index contributed by atoms with van der Waals surface area (Å²) in [6.07, 6.45) is 0. The topological polar surface area (TPSA) is 46.2 Å². The molecule has 0 unspecified atom stereocenters. The molecule has 0 spiro atoms. The number of halogens is 2.